The van der Waals surface area contributed by atoms with Crippen LogP contribution in [0.25, 0.3) is 44.1 Å². The first-order valence-electron chi connectivity index (χ1n) is 20.6. The van der Waals surface area contributed by atoms with Crippen LogP contribution in [-0.2, 0) is 17.8 Å². The molecule has 0 fully saturated rings. The Labute approximate surface area is 368 Å². The van der Waals surface area contributed by atoms with E-state index < -0.39 is 12.2 Å². The average Bonchev–Trinajstić information content (AvgIpc) is 3.84. The molecule has 1 N–H and O–H groups in total. The lowest BCUT2D eigenvalue weighted by atomic mass is 9.92. The van der Waals surface area contributed by atoms with Crippen molar-refractivity contribution in [3.05, 3.63) is 175 Å². The van der Waals surface area contributed by atoms with Crippen molar-refractivity contribution in [3.63, 3.8) is 0 Å². The Kier molecular flexibility index (Phi) is 13.4. The minimum Gasteiger partial charge on any atom is -0.433 e. The van der Waals surface area contributed by atoms with E-state index in [1.807, 2.05) is 91.1 Å². The van der Waals surface area contributed by atoms with Gasteiger partial charge in [-0.15, -0.1) is 0 Å². The highest BCUT2D eigenvalue weighted by molar-refractivity contribution is 6.05. The Bertz CT molecular complexity index is 2890. The summed E-state index contributed by atoms with van der Waals surface area (Å²) in [6.45, 7) is 6.13. The highest BCUT2D eigenvalue weighted by atomic mass is 19.3. The van der Waals surface area contributed by atoms with Crippen LogP contribution < -0.4 is 14.8 Å². The highest BCUT2D eigenvalue weighted by Crippen LogP contribution is 2.37. The summed E-state index contributed by atoms with van der Waals surface area (Å²) in [7, 11) is 1.64. The molecule has 12 heteroatoms. The lowest BCUT2D eigenvalue weighted by molar-refractivity contribution is -0.159. The molecular weight excluding hydrogens is 823 g/mol. The Morgan fingerprint density at radius 1 is 0.594 bits per heavy atom. The molecule has 0 saturated heterocycles. The number of halogens is 4. The number of benzene rings is 6. The molecule has 0 spiro atoms. The number of hydrogen-bond donors (Lipinski definition) is 1. The summed E-state index contributed by atoms with van der Waals surface area (Å²) in [6.07, 6.45) is -2.67. The van der Waals surface area contributed by atoms with Crippen molar-refractivity contribution >= 4 is 39.4 Å². The zero-order valence-electron chi connectivity index (χ0n) is 36.0. The predicted octanol–water partition coefficient (Wildman–Crippen LogP) is 13.8. The number of carbonyl (C=O) groups excluding carboxylic acids is 2. The number of alkyl halides is 4. The van der Waals surface area contributed by atoms with Crippen molar-refractivity contribution in [1.82, 2.24) is 9.13 Å². The maximum Gasteiger partial charge on any atom is 0.394 e. The highest BCUT2D eigenvalue weighted by Gasteiger charge is 2.25. The van der Waals surface area contributed by atoms with Gasteiger partial charge < -0.3 is 19.5 Å². The standard InChI is InChI=1S/C27H25F2NO2.C25H22F2N2O3/c1-18(2)21-8-4-5-9-22(21)24-17-30(25-11-7-6-10-23(24)25)26(31)16-19-12-14-20(15-13-19)32-27(3,28)29;1-25(26,27)32-19-13-11-18(12-14-19)28-24(30)29-15-22(21-9-5-6-10-23(21)29)20-8-4-3-7-17(20)16-31-2/h4-15,17-18H,16H2,1-3H3;3-15H,16H2,1-2H3,(H,28,30). The fraction of sp³-hybridized carbons (Fsp3) is 0.192. The quantitative estimate of drug-likeness (QED) is 0.124. The first-order chi connectivity index (χ1) is 30.6. The van der Waals surface area contributed by atoms with Crippen molar-refractivity contribution in [3.8, 4) is 33.8 Å². The minimum absolute atomic E-state index is 0.0129. The largest absolute Gasteiger partial charge is 0.433 e. The van der Waals surface area contributed by atoms with Crippen molar-refractivity contribution in [2.45, 2.75) is 58.9 Å². The van der Waals surface area contributed by atoms with E-state index in [1.165, 1.54) is 42.0 Å². The number of hydrogen-bond acceptors (Lipinski definition) is 5. The van der Waals surface area contributed by atoms with Crippen LogP contribution in [0.5, 0.6) is 11.5 Å². The molecule has 0 radical (unpaired) electrons. The summed E-state index contributed by atoms with van der Waals surface area (Å²) in [5.74, 6) is 0.329. The summed E-state index contributed by atoms with van der Waals surface area (Å²) in [5.41, 5.74) is 9.06. The van der Waals surface area contributed by atoms with Gasteiger partial charge in [-0.3, -0.25) is 13.9 Å². The first kappa shape index (κ1) is 44.9. The third-order valence-corrected chi connectivity index (χ3v) is 10.4. The smallest absolute Gasteiger partial charge is 0.394 e. The van der Waals surface area contributed by atoms with Gasteiger partial charge in [-0.05, 0) is 82.3 Å². The molecule has 64 heavy (non-hydrogen) atoms. The Morgan fingerprint density at radius 3 is 1.66 bits per heavy atom. The first-order valence-corrected chi connectivity index (χ1v) is 20.6. The van der Waals surface area contributed by atoms with E-state index in [2.05, 4.69) is 40.8 Å². The van der Waals surface area contributed by atoms with Crippen molar-refractivity contribution in [1.29, 1.82) is 0 Å². The van der Waals surface area contributed by atoms with E-state index in [0.717, 1.165) is 55.2 Å². The second kappa shape index (κ2) is 19.1. The van der Waals surface area contributed by atoms with Gasteiger partial charge >= 0.3 is 18.2 Å². The van der Waals surface area contributed by atoms with Crippen LogP contribution in [0.3, 0.4) is 0 Å². The third kappa shape index (κ3) is 10.7. The van der Waals surface area contributed by atoms with E-state index >= 15 is 0 Å². The monoisotopic (exact) mass is 869 g/mol. The van der Waals surface area contributed by atoms with Gasteiger partial charge in [0.1, 0.15) is 11.5 Å². The van der Waals surface area contributed by atoms with Gasteiger partial charge in [-0.25, -0.2) is 4.79 Å². The number of methoxy groups -OCH3 is 1. The van der Waals surface area contributed by atoms with E-state index in [0.29, 0.717) is 32.1 Å². The Balaban J connectivity index is 0.000000191. The molecule has 0 aliphatic heterocycles. The number of amides is 1. The van der Waals surface area contributed by atoms with Crippen LogP contribution in [0.15, 0.2) is 158 Å². The van der Waals surface area contributed by atoms with Crippen LogP contribution >= 0.6 is 0 Å². The van der Waals surface area contributed by atoms with Crippen molar-refractivity contribution in [2.75, 3.05) is 12.4 Å². The molecule has 0 aliphatic carbocycles. The van der Waals surface area contributed by atoms with Gasteiger partial charge in [-0.1, -0.05) is 111 Å². The van der Waals surface area contributed by atoms with Crippen molar-refractivity contribution in [2.24, 2.45) is 0 Å². The lowest BCUT2D eigenvalue weighted by Crippen LogP contribution is -2.19. The molecule has 0 aliphatic rings. The molecule has 6 aromatic carbocycles. The number of nitrogens with one attached hydrogen (secondary N) is 1. The number of ether oxygens (including phenoxy) is 3. The number of anilines is 1. The molecule has 1 amide bonds. The fourth-order valence-corrected chi connectivity index (χ4v) is 7.61. The molecular formula is C52H47F4N3O5. The number of fused-ring (bicyclic) bond motifs is 2. The summed E-state index contributed by atoms with van der Waals surface area (Å²) in [4.78, 5) is 26.3. The average molecular weight is 870 g/mol. The maximum atomic E-state index is 13.2. The van der Waals surface area contributed by atoms with Crippen LogP contribution in [-0.4, -0.2) is 40.4 Å². The molecule has 0 saturated carbocycles. The van der Waals surface area contributed by atoms with Gasteiger partial charge in [0, 0.05) is 60.9 Å². The Morgan fingerprint density at radius 2 is 1.08 bits per heavy atom. The normalized spacial score (nSPS) is 11.7. The van der Waals surface area contributed by atoms with Gasteiger partial charge in [0.25, 0.3) is 0 Å². The predicted molar refractivity (Wildman–Crippen MR) is 244 cm³/mol. The number of aromatic nitrogens is 2. The van der Waals surface area contributed by atoms with E-state index in [-0.39, 0.29) is 29.9 Å². The molecule has 0 atom stereocenters. The molecule has 8 nitrogen and oxygen atoms in total. The number of carbonyl (C=O) groups is 2. The summed E-state index contributed by atoms with van der Waals surface area (Å²) >= 11 is 0. The van der Waals surface area contributed by atoms with Gasteiger partial charge in [-0.2, -0.15) is 17.6 Å². The topological polar surface area (TPSA) is 83.7 Å². The fourth-order valence-electron chi connectivity index (χ4n) is 7.61. The number of nitrogens with zero attached hydrogens (tertiary/aromatic N) is 2. The third-order valence-electron chi connectivity index (χ3n) is 10.4. The maximum absolute atomic E-state index is 13.2. The molecule has 2 aromatic heterocycles. The SMILES string of the molecule is CC(C)c1ccccc1-c1cn(C(=O)Cc2ccc(OC(C)(F)F)cc2)c2ccccc12.COCc1ccccc1-c1cn(C(=O)Nc2ccc(OC(C)(F)F)cc2)c2ccccc12. The van der Waals surface area contributed by atoms with Crippen LogP contribution in [0.4, 0.5) is 28.0 Å². The Hall–Kier alpha value is -7.18. The second-order valence-corrected chi connectivity index (χ2v) is 15.7. The van der Waals surface area contributed by atoms with Gasteiger partial charge in [0.15, 0.2) is 0 Å². The molecule has 2 heterocycles. The van der Waals surface area contributed by atoms with E-state index in [4.69, 9.17) is 4.74 Å². The zero-order valence-corrected chi connectivity index (χ0v) is 36.0. The van der Waals surface area contributed by atoms with E-state index in [9.17, 15) is 27.2 Å². The van der Waals surface area contributed by atoms with Crippen LogP contribution in [0.2, 0.25) is 0 Å². The van der Waals surface area contributed by atoms with Crippen molar-refractivity contribution < 1.29 is 41.4 Å². The summed E-state index contributed by atoms with van der Waals surface area (Å²) in [6, 6.07) is 43.3. The van der Waals surface area contributed by atoms with Gasteiger partial charge in [0.05, 0.1) is 24.1 Å². The minimum atomic E-state index is -3.27. The molecule has 8 rings (SSSR count). The van der Waals surface area contributed by atoms with Gasteiger partial charge in [0.2, 0.25) is 5.91 Å². The summed E-state index contributed by atoms with van der Waals surface area (Å²) in [5, 5.41) is 4.75. The summed E-state index contributed by atoms with van der Waals surface area (Å²) < 4.78 is 69.7. The zero-order chi connectivity index (χ0) is 45.6. The molecule has 328 valence electrons. The number of rotatable bonds is 12. The van der Waals surface area contributed by atoms with Crippen LogP contribution in [0.1, 0.15) is 55.1 Å². The second-order valence-electron chi connectivity index (χ2n) is 15.7. The number of para-hydroxylation sites is 2. The lowest BCUT2D eigenvalue weighted by Gasteiger charge is -2.13. The van der Waals surface area contributed by atoms with Crippen LogP contribution in [0, 0.1) is 0 Å². The molecule has 0 bridgehead atoms. The molecule has 0 unspecified atom stereocenters. The molecule has 8 aromatic rings. The van der Waals surface area contributed by atoms with E-state index in [1.54, 1.807) is 34.6 Å².